The molecule has 0 unspecified atom stereocenters. The van der Waals surface area contributed by atoms with Gasteiger partial charge in [-0.1, -0.05) is 0 Å². The summed E-state index contributed by atoms with van der Waals surface area (Å²) in [6.07, 6.45) is -0.364. The molecule has 0 atom stereocenters. The maximum absolute atomic E-state index is 10.6. The van der Waals surface area contributed by atoms with E-state index in [0.717, 1.165) is 0 Å². The molecule has 0 amide bonds. The number of hydrogen-bond donors (Lipinski definition) is 2. The highest BCUT2D eigenvalue weighted by molar-refractivity contribution is 5.91. The van der Waals surface area contributed by atoms with Crippen LogP contribution >= 0.6 is 0 Å². The van der Waals surface area contributed by atoms with E-state index in [1.165, 1.54) is 0 Å². The molecule has 0 aliphatic carbocycles. The Bertz CT molecular complexity index is 297. The number of ether oxygens (including phenoxy) is 2. The molecule has 88 valence electrons. The van der Waals surface area contributed by atoms with E-state index in [0.29, 0.717) is 12.5 Å². The first-order chi connectivity index (χ1) is 7.41. The Morgan fingerprint density at radius 3 is 1.38 bits per heavy atom. The van der Waals surface area contributed by atoms with Gasteiger partial charge in [-0.25, -0.2) is 0 Å². The van der Waals surface area contributed by atoms with Crippen LogP contribution in [0.5, 0.6) is 0 Å². The van der Waals surface area contributed by atoms with Crippen LogP contribution in [-0.2, 0) is 28.7 Å². The molecule has 0 aromatic heterocycles. The summed E-state index contributed by atoms with van der Waals surface area (Å²) < 4.78 is 8.37. The summed E-state index contributed by atoms with van der Waals surface area (Å²) in [5, 5.41) is 16.3. The molecule has 2 N–H and O–H groups in total. The molecule has 8 nitrogen and oxygen atoms in total. The predicted octanol–water partition coefficient (Wildman–Crippen LogP) is -0.507. The van der Waals surface area contributed by atoms with E-state index in [2.05, 4.69) is 9.47 Å². The summed E-state index contributed by atoms with van der Waals surface area (Å²) in [6, 6.07) is 0. The Morgan fingerprint density at radius 1 is 0.812 bits per heavy atom. The first-order valence-electron chi connectivity index (χ1n) is 3.89. The van der Waals surface area contributed by atoms with Crippen molar-refractivity contribution in [2.24, 2.45) is 0 Å². The first-order valence-corrected chi connectivity index (χ1v) is 3.89. The largest absolute Gasteiger partial charge is 0.481 e. The number of carbonyl (C=O) groups is 4. The minimum absolute atomic E-state index is 0.644. The zero-order valence-electron chi connectivity index (χ0n) is 7.91. The number of hydrogen-bond acceptors (Lipinski definition) is 6. The van der Waals surface area contributed by atoms with E-state index in [1.807, 2.05) is 0 Å². The summed E-state index contributed by atoms with van der Waals surface area (Å²) in [7, 11) is 0. The number of esters is 2. The Labute approximate surface area is 89.1 Å². The monoisotopic (exact) mass is 232 g/mol. The molecule has 0 aromatic carbocycles. The lowest BCUT2D eigenvalue weighted by Crippen LogP contribution is -2.09. The Morgan fingerprint density at radius 2 is 1.12 bits per heavy atom. The summed E-state index contributed by atoms with van der Waals surface area (Å²) in [5.74, 6) is -4.81. The van der Waals surface area contributed by atoms with Crippen molar-refractivity contribution in [2.45, 2.75) is 12.8 Å². The highest BCUT2D eigenvalue weighted by Crippen LogP contribution is 1.91. The van der Waals surface area contributed by atoms with Gasteiger partial charge in [-0.2, -0.15) is 0 Å². The van der Waals surface area contributed by atoms with Crippen molar-refractivity contribution in [3.05, 3.63) is 12.5 Å². The smallest absolute Gasteiger partial charge is 0.322 e. The van der Waals surface area contributed by atoms with E-state index in [4.69, 9.17) is 10.2 Å². The second kappa shape index (κ2) is 6.98. The molecule has 0 aliphatic rings. The molecule has 0 radical (unpaired) electrons. The summed E-state index contributed by atoms with van der Waals surface area (Å²) in [4.78, 5) is 41.2. The first kappa shape index (κ1) is 13.6. The van der Waals surface area contributed by atoms with Gasteiger partial charge in [-0.3, -0.25) is 19.2 Å². The van der Waals surface area contributed by atoms with Crippen molar-refractivity contribution >= 4 is 23.9 Å². The highest BCUT2D eigenvalue weighted by Gasteiger charge is 2.08. The predicted molar refractivity (Wildman–Crippen MR) is 45.8 cm³/mol. The Kier molecular flexibility index (Phi) is 5.95. The number of carboxylic acid groups (broad SMARTS) is 2. The number of carbonyl (C=O) groups excluding carboxylic acids is 2. The minimum Gasteiger partial charge on any atom is -0.481 e. The number of rotatable bonds is 6. The number of aliphatic carboxylic acids is 2. The van der Waals surface area contributed by atoms with Gasteiger partial charge in [0, 0.05) is 0 Å². The quantitative estimate of drug-likeness (QED) is 0.356. The van der Waals surface area contributed by atoms with Crippen LogP contribution in [-0.4, -0.2) is 34.1 Å². The fourth-order valence-electron chi connectivity index (χ4n) is 0.538. The topological polar surface area (TPSA) is 127 Å². The van der Waals surface area contributed by atoms with Crippen LogP contribution in [0.3, 0.4) is 0 Å². The van der Waals surface area contributed by atoms with Crippen LogP contribution < -0.4 is 0 Å². The van der Waals surface area contributed by atoms with Crippen LogP contribution in [0.15, 0.2) is 12.5 Å². The zero-order chi connectivity index (χ0) is 12.6. The van der Waals surface area contributed by atoms with Crippen LogP contribution in [0.4, 0.5) is 0 Å². The van der Waals surface area contributed by atoms with Gasteiger partial charge in [0.25, 0.3) is 0 Å². The Balaban J connectivity index is 3.77. The SMILES string of the molecule is O=C(O)CC(=O)O/C=C/OC(=O)CC(=O)O. The lowest BCUT2D eigenvalue weighted by molar-refractivity contribution is -0.151. The summed E-state index contributed by atoms with van der Waals surface area (Å²) in [6.45, 7) is 0. The van der Waals surface area contributed by atoms with E-state index in [-0.39, 0.29) is 0 Å². The average molecular weight is 232 g/mol. The van der Waals surface area contributed by atoms with E-state index < -0.39 is 36.7 Å². The molecule has 0 saturated carbocycles. The third-order valence-corrected chi connectivity index (χ3v) is 1.05. The van der Waals surface area contributed by atoms with Gasteiger partial charge in [0.05, 0.1) is 0 Å². The van der Waals surface area contributed by atoms with Gasteiger partial charge in [0.15, 0.2) is 0 Å². The highest BCUT2D eigenvalue weighted by atomic mass is 16.6. The standard InChI is InChI=1S/C8H8O8/c9-5(10)3-7(13)15-1-2-16-8(14)4-6(11)12/h1-2H,3-4H2,(H,9,10)(H,11,12)/b2-1+. The van der Waals surface area contributed by atoms with Crippen molar-refractivity contribution < 1.29 is 38.9 Å². The zero-order valence-corrected chi connectivity index (χ0v) is 7.91. The van der Waals surface area contributed by atoms with Gasteiger partial charge in [0.1, 0.15) is 25.4 Å². The van der Waals surface area contributed by atoms with Crippen molar-refractivity contribution in [3.8, 4) is 0 Å². The minimum atomic E-state index is -1.36. The molecular formula is C8H8O8. The molecule has 0 saturated heterocycles. The molecule has 0 aromatic rings. The average Bonchev–Trinajstić information content (AvgIpc) is 2.10. The van der Waals surface area contributed by atoms with Gasteiger partial charge in [-0.05, 0) is 0 Å². The van der Waals surface area contributed by atoms with E-state index in [1.54, 1.807) is 0 Å². The molecule has 0 rings (SSSR count). The number of carboxylic acids is 2. The molecule has 16 heavy (non-hydrogen) atoms. The third-order valence-electron chi connectivity index (χ3n) is 1.05. The van der Waals surface area contributed by atoms with Crippen molar-refractivity contribution in [2.75, 3.05) is 0 Å². The molecule has 0 aliphatic heterocycles. The van der Waals surface area contributed by atoms with E-state index >= 15 is 0 Å². The maximum Gasteiger partial charge on any atom is 0.322 e. The van der Waals surface area contributed by atoms with Gasteiger partial charge < -0.3 is 19.7 Å². The van der Waals surface area contributed by atoms with Crippen LogP contribution in [0.2, 0.25) is 0 Å². The van der Waals surface area contributed by atoms with Gasteiger partial charge >= 0.3 is 23.9 Å². The second-order valence-corrected chi connectivity index (χ2v) is 2.39. The lowest BCUT2D eigenvalue weighted by Gasteiger charge is -1.96. The van der Waals surface area contributed by atoms with Crippen molar-refractivity contribution in [1.29, 1.82) is 0 Å². The molecule has 0 bridgehead atoms. The van der Waals surface area contributed by atoms with E-state index in [9.17, 15) is 19.2 Å². The van der Waals surface area contributed by atoms with Gasteiger partial charge in [-0.15, -0.1) is 0 Å². The van der Waals surface area contributed by atoms with Crippen LogP contribution in [0.25, 0.3) is 0 Å². The molecule has 0 heterocycles. The molecule has 8 heteroatoms. The van der Waals surface area contributed by atoms with Crippen molar-refractivity contribution in [3.63, 3.8) is 0 Å². The third kappa shape index (κ3) is 8.23. The normalized spacial score (nSPS) is 9.75. The lowest BCUT2D eigenvalue weighted by atomic mass is 10.4. The fraction of sp³-hybridized carbons (Fsp3) is 0.250. The summed E-state index contributed by atoms with van der Waals surface area (Å²) in [5.41, 5.74) is 0. The van der Waals surface area contributed by atoms with Gasteiger partial charge in [0.2, 0.25) is 0 Å². The molecule has 0 spiro atoms. The van der Waals surface area contributed by atoms with Crippen molar-refractivity contribution in [1.82, 2.24) is 0 Å². The van der Waals surface area contributed by atoms with Crippen LogP contribution in [0.1, 0.15) is 12.8 Å². The molecular weight excluding hydrogens is 224 g/mol. The maximum atomic E-state index is 10.6. The second-order valence-electron chi connectivity index (χ2n) is 2.39. The summed E-state index contributed by atoms with van der Waals surface area (Å²) >= 11 is 0. The van der Waals surface area contributed by atoms with Crippen LogP contribution in [0, 0.1) is 0 Å². The Hall–Kier alpha value is -2.38. The molecule has 0 fully saturated rings. The fourth-order valence-corrected chi connectivity index (χ4v) is 0.538.